The van der Waals surface area contributed by atoms with E-state index in [0.717, 1.165) is 34.0 Å². The van der Waals surface area contributed by atoms with Crippen LogP contribution in [0.3, 0.4) is 0 Å². The summed E-state index contributed by atoms with van der Waals surface area (Å²) in [6.45, 7) is 1.28. The van der Waals surface area contributed by atoms with Crippen LogP contribution in [0.5, 0.6) is 0 Å². The molecule has 7 nitrogen and oxygen atoms in total. The topological polar surface area (TPSA) is 72.2 Å². The lowest BCUT2D eigenvalue weighted by molar-refractivity contribution is 0.0942. The smallest absolute Gasteiger partial charge is 0.328 e. The number of rotatable bonds is 5. The van der Waals surface area contributed by atoms with Gasteiger partial charge in [-0.3, -0.25) is 14.3 Å². The highest BCUT2D eigenvalue weighted by molar-refractivity contribution is 6.14. The van der Waals surface area contributed by atoms with Crippen molar-refractivity contribution >= 4 is 33.9 Å². The number of fused-ring (bicyclic) bond motifs is 3. The minimum Gasteiger partial charge on any atom is -0.347 e. The van der Waals surface area contributed by atoms with Gasteiger partial charge in [-0.25, -0.2) is 4.79 Å². The van der Waals surface area contributed by atoms with Crippen molar-refractivity contribution in [2.24, 2.45) is 5.92 Å². The van der Waals surface area contributed by atoms with Crippen LogP contribution in [-0.4, -0.2) is 45.1 Å². The Labute approximate surface area is 180 Å². The van der Waals surface area contributed by atoms with Crippen molar-refractivity contribution in [1.82, 2.24) is 24.3 Å². The Morgan fingerprint density at radius 1 is 1.10 bits per heavy atom. The van der Waals surface area contributed by atoms with Crippen molar-refractivity contribution in [2.45, 2.75) is 25.9 Å². The molecule has 1 aliphatic carbocycles. The highest BCUT2D eigenvalue weighted by atomic mass is 16.2. The van der Waals surface area contributed by atoms with Crippen molar-refractivity contribution in [2.75, 3.05) is 14.1 Å². The third-order valence-electron chi connectivity index (χ3n) is 5.87. The number of pyridine rings is 1. The predicted octanol–water partition coefficient (Wildman–Crippen LogP) is 3.86. The first-order chi connectivity index (χ1) is 15.0. The molecule has 4 aromatic rings. The number of para-hydroxylation sites is 1. The van der Waals surface area contributed by atoms with Gasteiger partial charge in [-0.2, -0.15) is 0 Å². The number of carbonyl (C=O) groups excluding carboxylic acids is 2. The van der Waals surface area contributed by atoms with E-state index >= 15 is 0 Å². The van der Waals surface area contributed by atoms with Crippen LogP contribution in [-0.2, 0) is 13.1 Å². The number of hydrogen-bond donors (Lipinski definition) is 1. The fourth-order valence-corrected chi connectivity index (χ4v) is 4.10. The third kappa shape index (κ3) is 3.46. The molecule has 2 amide bonds. The van der Waals surface area contributed by atoms with E-state index in [1.54, 1.807) is 31.1 Å². The predicted molar refractivity (Wildman–Crippen MR) is 120 cm³/mol. The van der Waals surface area contributed by atoms with Gasteiger partial charge in [0.2, 0.25) is 0 Å². The van der Waals surface area contributed by atoms with E-state index in [-0.39, 0.29) is 11.9 Å². The zero-order chi connectivity index (χ0) is 21.5. The minimum atomic E-state index is -0.273. The van der Waals surface area contributed by atoms with E-state index in [2.05, 4.69) is 20.9 Å². The maximum atomic E-state index is 13.2. The van der Waals surface area contributed by atoms with Gasteiger partial charge in [-0.05, 0) is 48.6 Å². The third-order valence-corrected chi connectivity index (χ3v) is 5.87. The second-order valence-corrected chi connectivity index (χ2v) is 8.39. The summed E-state index contributed by atoms with van der Waals surface area (Å²) in [4.78, 5) is 31.9. The van der Waals surface area contributed by atoms with Gasteiger partial charge in [-0.15, -0.1) is 0 Å². The minimum absolute atomic E-state index is 0.238. The quantitative estimate of drug-likeness (QED) is 0.538. The van der Waals surface area contributed by atoms with Crippen LogP contribution in [0.1, 0.15) is 28.9 Å². The molecule has 1 N–H and O–H groups in total. The summed E-state index contributed by atoms with van der Waals surface area (Å²) in [6.07, 6.45) is 5.84. The Morgan fingerprint density at radius 3 is 2.55 bits per heavy atom. The van der Waals surface area contributed by atoms with Crippen molar-refractivity contribution < 1.29 is 9.59 Å². The fourth-order valence-electron chi connectivity index (χ4n) is 4.10. The molecule has 1 aromatic carbocycles. The van der Waals surface area contributed by atoms with E-state index in [1.807, 2.05) is 36.4 Å². The van der Waals surface area contributed by atoms with Crippen LogP contribution in [0.4, 0.5) is 4.79 Å². The molecule has 0 aliphatic heterocycles. The van der Waals surface area contributed by atoms with Crippen molar-refractivity contribution in [3.05, 3.63) is 66.1 Å². The molecule has 1 aliphatic rings. The Balaban J connectivity index is 1.64. The number of nitrogens with zero attached hydrogens (tertiary/aromatic N) is 4. The Kier molecular flexibility index (Phi) is 4.73. The molecule has 3 heterocycles. The van der Waals surface area contributed by atoms with Crippen LogP contribution in [0.15, 0.2) is 54.9 Å². The van der Waals surface area contributed by atoms with Gasteiger partial charge in [0, 0.05) is 45.0 Å². The summed E-state index contributed by atoms with van der Waals surface area (Å²) >= 11 is 0. The molecule has 7 heteroatoms. The summed E-state index contributed by atoms with van der Waals surface area (Å²) in [6, 6.07) is 13.5. The molecule has 0 radical (unpaired) electrons. The maximum absolute atomic E-state index is 13.2. The molecule has 31 heavy (non-hydrogen) atoms. The average Bonchev–Trinajstić information content (AvgIpc) is 3.45. The molecule has 0 saturated heterocycles. The summed E-state index contributed by atoms with van der Waals surface area (Å²) in [7, 11) is 3.41. The lowest BCUT2D eigenvalue weighted by Gasteiger charge is -2.15. The van der Waals surface area contributed by atoms with E-state index in [0.29, 0.717) is 18.2 Å². The van der Waals surface area contributed by atoms with Crippen LogP contribution < -0.4 is 5.32 Å². The first kappa shape index (κ1) is 19.4. The standard InChI is InChI=1S/C24H25N5O2/c1-27(2)24(31)29-21(23(30)26-14-16-9-11-25-12-10-16)13-20-22(29)18-5-3-4-6-19(18)28(20)15-17-7-8-17/h3-6,9-13,17H,7-8,14-15H2,1-2H3,(H,26,30). The number of aromatic nitrogens is 3. The zero-order valence-electron chi connectivity index (χ0n) is 17.7. The molecule has 3 aromatic heterocycles. The van der Waals surface area contributed by atoms with Gasteiger partial charge < -0.3 is 14.8 Å². The largest absolute Gasteiger partial charge is 0.347 e. The Bertz CT molecular complexity index is 1280. The molecule has 0 spiro atoms. The average molecular weight is 415 g/mol. The van der Waals surface area contributed by atoms with E-state index in [1.165, 1.54) is 17.7 Å². The second-order valence-electron chi connectivity index (χ2n) is 8.39. The monoisotopic (exact) mass is 415 g/mol. The van der Waals surface area contributed by atoms with Gasteiger partial charge >= 0.3 is 6.03 Å². The van der Waals surface area contributed by atoms with Gasteiger partial charge in [0.1, 0.15) is 5.69 Å². The first-order valence-electron chi connectivity index (χ1n) is 10.6. The first-order valence-corrected chi connectivity index (χ1v) is 10.6. The van der Waals surface area contributed by atoms with Crippen molar-refractivity contribution in [3.63, 3.8) is 0 Å². The van der Waals surface area contributed by atoms with E-state index in [4.69, 9.17) is 0 Å². The summed E-state index contributed by atoms with van der Waals surface area (Å²) < 4.78 is 3.82. The van der Waals surface area contributed by atoms with Crippen LogP contribution >= 0.6 is 0 Å². The molecule has 158 valence electrons. The van der Waals surface area contributed by atoms with E-state index < -0.39 is 0 Å². The Morgan fingerprint density at radius 2 is 1.84 bits per heavy atom. The molecule has 0 unspecified atom stereocenters. The molecule has 1 fully saturated rings. The highest BCUT2D eigenvalue weighted by Crippen LogP contribution is 2.37. The Hall–Kier alpha value is -3.61. The molecule has 5 rings (SSSR count). The second kappa shape index (κ2) is 7.58. The van der Waals surface area contributed by atoms with Crippen LogP contribution in [0.2, 0.25) is 0 Å². The van der Waals surface area contributed by atoms with Crippen LogP contribution in [0, 0.1) is 5.92 Å². The lowest BCUT2D eigenvalue weighted by atomic mass is 10.2. The SMILES string of the molecule is CN(C)C(=O)n1c(C(=O)NCc2ccncc2)cc2c1c1ccccc1n2CC1CC1. The maximum Gasteiger partial charge on any atom is 0.328 e. The summed E-state index contributed by atoms with van der Waals surface area (Å²) in [5.41, 5.74) is 4.13. The van der Waals surface area contributed by atoms with Crippen molar-refractivity contribution in [3.8, 4) is 0 Å². The number of nitrogens with one attached hydrogen (secondary N) is 1. The van der Waals surface area contributed by atoms with Gasteiger partial charge in [-0.1, -0.05) is 18.2 Å². The fraction of sp³-hybridized carbons (Fsp3) is 0.292. The lowest BCUT2D eigenvalue weighted by Crippen LogP contribution is -2.32. The molecule has 0 atom stereocenters. The molecular weight excluding hydrogens is 390 g/mol. The normalized spacial score (nSPS) is 13.6. The number of hydrogen-bond acceptors (Lipinski definition) is 3. The van der Waals surface area contributed by atoms with Gasteiger partial charge in [0.15, 0.2) is 0 Å². The summed E-state index contributed by atoms with van der Waals surface area (Å²) in [5.74, 6) is 0.390. The number of amides is 2. The number of benzene rings is 1. The zero-order valence-corrected chi connectivity index (χ0v) is 17.7. The summed E-state index contributed by atoms with van der Waals surface area (Å²) in [5, 5.41) is 3.94. The van der Waals surface area contributed by atoms with E-state index in [9.17, 15) is 9.59 Å². The number of carbonyl (C=O) groups is 2. The molecule has 0 bridgehead atoms. The van der Waals surface area contributed by atoms with Gasteiger partial charge in [0.05, 0.1) is 16.6 Å². The van der Waals surface area contributed by atoms with Gasteiger partial charge in [0.25, 0.3) is 5.91 Å². The molecule has 1 saturated carbocycles. The van der Waals surface area contributed by atoms with Crippen LogP contribution in [0.25, 0.3) is 21.9 Å². The molecular formula is C24H25N5O2. The highest BCUT2D eigenvalue weighted by Gasteiger charge is 2.29. The van der Waals surface area contributed by atoms with Crippen molar-refractivity contribution in [1.29, 1.82) is 0 Å².